The highest BCUT2D eigenvalue weighted by molar-refractivity contribution is 8.12. The minimum Gasteiger partial charge on any atom is -0.359 e. The smallest absolute Gasteiger partial charge is 0.322 e. The van der Waals surface area contributed by atoms with Crippen LogP contribution in [0.4, 0.5) is 9.59 Å². The molecule has 0 spiro atoms. The minimum atomic E-state index is -0.784. The molecule has 0 saturated carbocycles. The van der Waals surface area contributed by atoms with E-state index in [4.69, 9.17) is 0 Å². The lowest BCUT2D eigenvalue weighted by molar-refractivity contribution is 0.253. The van der Waals surface area contributed by atoms with Crippen LogP contribution in [-0.4, -0.2) is 11.3 Å². The predicted octanol–water partition coefficient (Wildman–Crippen LogP) is -0.618. The zero-order valence-electron chi connectivity index (χ0n) is 3.88. The van der Waals surface area contributed by atoms with Gasteiger partial charge in [-0.15, -0.1) is 0 Å². The Morgan fingerprint density at radius 1 is 1.38 bits per heavy atom. The van der Waals surface area contributed by atoms with Gasteiger partial charge in [0.05, 0.1) is 11.9 Å². The highest BCUT2D eigenvalue weighted by Gasteiger charge is 1.94. The van der Waals surface area contributed by atoms with Crippen molar-refractivity contribution in [3.63, 3.8) is 0 Å². The summed E-state index contributed by atoms with van der Waals surface area (Å²) < 4.78 is 1.93. The van der Waals surface area contributed by atoms with Gasteiger partial charge in [0.1, 0.15) is 0 Å². The molecule has 5 nitrogen and oxygen atoms in total. The second-order valence-electron chi connectivity index (χ2n) is 0.887. The van der Waals surface area contributed by atoms with E-state index in [0.717, 1.165) is 0 Å². The van der Waals surface area contributed by atoms with Crippen LogP contribution in [-0.2, 0) is 0 Å². The van der Waals surface area contributed by atoms with Crippen molar-refractivity contribution in [2.75, 3.05) is 0 Å². The molecule has 0 atom stereocenters. The highest BCUT2D eigenvalue weighted by atomic mass is 32.2. The number of carbonyl (C=O) groups is 2. The van der Waals surface area contributed by atoms with Crippen molar-refractivity contribution < 1.29 is 9.59 Å². The third-order valence-corrected chi connectivity index (χ3v) is 0.757. The maximum absolute atomic E-state index is 9.82. The largest absolute Gasteiger partial charge is 0.359 e. The molecule has 8 heavy (non-hydrogen) atoms. The Kier molecular flexibility index (Phi) is 2.78. The molecule has 0 aliphatic carbocycles. The number of urea groups is 1. The first-order valence-corrected chi connectivity index (χ1v) is 2.46. The summed E-state index contributed by atoms with van der Waals surface area (Å²) in [4.78, 5) is 19.6. The maximum atomic E-state index is 9.82. The van der Waals surface area contributed by atoms with Crippen LogP contribution in [0.1, 0.15) is 0 Å². The van der Waals surface area contributed by atoms with E-state index in [2.05, 4.69) is 11.5 Å². The summed E-state index contributed by atoms with van der Waals surface area (Å²) in [5, 5.41) is -0.691. The Bertz CT molecular complexity index is 99.9. The number of carbonyl (C=O) groups excluding carboxylic acids is 2. The molecule has 0 bridgehead atoms. The lowest BCUT2D eigenvalue weighted by atomic mass is 11.2. The number of nitrogens with one attached hydrogen (secondary N) is 1. The molecule has 0 aromatic rings. The fourth-order valence-electron chi connectivity index (χ4n) is 0.101. The van der Waals surface area contributed by atoms with Gasteiger partial charge in [-0.1, -0.05) is 0 Å². The molecule has 0 saturated heterocycles. The minimum absolute atomic E-state index is 0.454. The van der Waals surface area contributed by atoms with Crippen LogP contribution in [0.5, 0.6) is 0 Å². The van der Waals surface area contributed by atoms with Crippen LogP contribution in [0, 0.1) is 0 Å². The number of rotatable bonds is 0. The molecule has 0 aliphatic heterocycles. The summed E-state index contributed by atoms with van der Waals surface area (Å²) in [5.41, 5.74) is 9.16. The van der Waals surface area contributed by atoms with Gasteiger partial charge in [0.15, 0.2) is 0 Å². The second kappa shape index (κ2) is 3.14. The van der Waals surface area contributed by atoms with Gasteiger partial charge in [0, 0.05) is 0 Å². The summed E-state index contributed by atoms with van der Waals surface area (Å²) in [6.45, 7) is 0. The van der Waals surface area contributed by atoms with Gasteiger partial charge in [0.25, 0.3) is 5.24 Å². The molecule has 46 valence electrons. The average molecular weight is 135 g/mol. The average Bonchev–Trinajstić information content (AvgIpc) is 1.61. The maximum Gasteiger partial charge on any atom is 0.322 e. The first kappa shape index (κ1) is 7.09. The third kappa shape index (κ3) is 5.09. The van der Waals surface area contributed by atoms with E-state index in [0.29, 0.717) is 11.9 Å². The summed E-state index contributed by atoms with van der Waals surface area (Å²) >= 11 is 0.454. The van der Waals surface area contributed by atoms with Crippen LogP contribution in [0.25, 0.3) is 0 Å². The SMILES string of the molecule is NC(=O)NSC(N)=O. The zero-order valence-corrected chi connectivity index (χ0v) is 4.70. The van der Waals surface area contributed by atoms with Gasteiger partial charge < -0.3 is 11.5 Å². The summed E-state index contributed by atoms with van der Waals surface area (Å²) in [5.74, 6) is 0. The van der Waals surface area contributed by atoms with E-state index in [1.807, 2.05) is 4.72 Å². The Balaban J connectivity index is 3.18. The van der Waals surface area contributed by atoms with Crippen molar-refractivity contribution in [1.82, 2.24) is 4.72 Å². The number of hydrogen-bond acceptors (Lipinski definition) is 3. The summed E-state index contributed by atoms with van der Waals surface area (Å²) in [7, 11) is 0. The Labute approximate surface area is 49.9 Å². The number of nitrogens with two attached hydrogens (primary N) is 2. The number of primary amides is 2. The van der Waals surface area contributed by atoms with Crippen molar-refractivity contribution >= 4 is 23.2 Å². The van der Waals surface area contributed by atoms with Crippen molar-refractivity contribution in [1.29, 1.82) is 0 Å². The molecule has 0 radical (unpaired) electrons. The van der Waals surface area contributed by atoms with Crippen molar-refractivity contribution in [2.45, 2.75) is 0 Å². The van der Waals surface area contributed by atoms with E-state index in [-0.39, 0.29) is 0 Å². The summed E-state index contributed by atoms with van der Waals surface area (Å²) in [6.07, 6.45) is 0. The molecular formula is C2H5N3O2S. The lowest BCUT2D eigenvalue weighted by Gasteiger charge is -1.91. The first-order chi connectivity index (χ1) is 3.63. The Morgan fingerprint density at radius 2 is 1.88 bits per heavy atom. The Morgan fingerprint density at radius 3 is 2.00 bits per heavy atom. The van der Waals surface area contributed by atoms with Gasteiger partial charge in [-0.25, -0.2) is 4.79 Å². The molecule has 5 N–H and O–H groups in total. The normalized spacial score (nSPS) is 8.00. The molecule has 0 heterocycles. The molecule has 0 aliphatic rings. The van der Waals surface area contributed by atoms with Crippen molar-refractivity contribution in [2.24, 2.45) is 11.5 Å². The number of hydrogen-bond donors (Lipinski definition) is 3. The third-order valence-electron chi connectivity index (χ3n) is 0.252. The van der Waals surface area contributed by atoms with Crippen molar-refractivity contribution in [3.8, 4) is 0 Å². The van der Waals surface area contributed by atoms with Crippen LogP contribution in [0.3, 0.4) is 0 Å². The Hall–Kier alpha value is -0.910. The van der Waals surface area contributed by atoms with E-state index >= 15 is 0 Å². The van der Waals surface area contributed by atoms with Crippen molar-refractivity contribution in [3.05, 3.63) is 0 Å². The second-order valence-corrected chi connectivity index (χ2v) is 1.70. The first-order valence-electron chi connectivity index (χ1n) is 1.64. The standard InChI is InChI=1S/C2H5N3O2S/c3-1(6)5-8-2(4)7/h(H2,4,7)(H3,3,5,6). The van der Waals surface area contributed by atoms with E-state index in [1.165, 1.54) is 0 Å². The van der Waals surface area contributed by atoms with Crippen LogP contribution in [0.15, 0.2) is 0 Å². The van der Waals surface area contributed by atoms with E-state index in [1.54, 1.807) is 0 Å². The highest BCUT2D eigenvalue weighted by Crippen LogP contribution is 1.87. The molecular weight excluding hydrogens is 130 g/mol. The summed E-state index contributed by atoms with van der Waals surface area (Å²) in [6, 6.07) is -0.784. The topological polar surface area (TPSA) is 98.2 Å². The monoisotopic (exact) mass is 135 g/mol. The van der Waals surface area contributed by atoms with E-state index in [9.17, 15) is 9.59 Å². The van der Waals surface area contributed by atoms with Gasteiger partial charge >= 0.3 is 6.03 Å². The van der Waals surface area contributed by atoms with Gasteiger partial charge in [0.2, 0.25) is 0 Å². The molecule has 0 unspecified atom stereocenters. The zero-order chi connectivity index (χ0) is 6.57. The quantitative estimate of drug-likeness (QED) is 0.386. The lowest BCUT2D eigenvalue weighted by Crippen LogP contribution is -2.25. The van der Waals surface area contributed by atoms with Gasteiger partial charge in [-0.3, -0.25) is 9.52 Å². The molecule has 0 aromatic carbocycles. The predicted molar refractivity (Wildman–Crippen MR) is 29.9 cm³/mol. The molecule has 3 amide bonds. The van der Waals surface area contributed by atoms with Gasteiger partial charge in [-0.05, 0) is 0 Å². The fraction of sp³-hybridized carbons (Fsp3) is 0. The number of amides is 3. The van der Waals surface area contributed by atoms with Crippen LogP contribution in [0.2, 0.25) is 0 Å². The molecule has 0 aromatic heterocycles. The fourth-order valence-corrected chi connectivity index (χ4v) is 0.302. The van der Waals surface area contributed by atoms with Crippen LogP contribution >= 0.6 is 11.9 Å². The molecule has 0 fully saturated rings. The van der Waals surface area contributed by atoms with Crippen LogP contribution < -0.4 is 16.2 Å². The van der Waals surface area contributed by atoms with Gasteiger partial charge in [-0.2, -0.15) is 0 Å². The van der Waals surface area contributed by atoms with E-state index < -0.39 is 11.3 Å². The molecule has 0 rings (SSSR count). The molecule has 6 heteroatoms.